The summed E-state index contributed by atoms with van der Waals surface area (Å²) in [5.41, 5.74) is 0.946. The first-order chi connectivity index (χ1) is 17.4. The number of imidazole rings is 1. The van der Waals surface area contributed by atoms with Gasteiger partial charge in [0.1, 0.15) is 29.5 Å². The van der Waals surface area contributed by atoms with Gasteiger partial charge in [0.05, 0.1) is 44.8 Å². The van der Waals surface area contributed by atoms with Crippen molar-refractivity contribution in [1.82, 2.24) is 29.3 Å². The Hall–Kier alpha value is -4.45. The number of halogens is 3. The van der Waals surface area contributed by atoms with Crippen LogP contribution < -0.4 is 19.5 Å². The first-order valence-corrected chi connectivity index (χ1v) is 10.8. The van der Waals surface area contributed by atoms with Gasteiger partial charge in [0.2, 0.25) is 11.0 Å². The fourth-order valence-electron chi connectivity index (χ4n) is 3.67. The topological polar surface area (TPSA) is 101 Å². The summed E-state index contributed by atoms with van der Waals surface area (Å²) in [7, 11) is 4.59. The average molecular weight is 514 g/mol. The van der Waals surface area contributed by atoms with Crippen molar-refractivity contribution < 1.29 is 23.0 Å². The fraction of sp³-hybridized carbons (Fsp3) is 0.130. The molecular weight excluding hydrogens is 496 g/mol. The number of nitrogens with zero attached hydrogens (tertiary/aromatic N) is 6. The van der Waals surface area contributed by atoms with Gasteiger partial charge in [-0.1, -0.05) is 0 Å². The van der Waals surface area contributed by atoms with Crippen LogP contribution in [0.25, 0.3) is 22.4 Å². The second kappa shape index (κ2) is 9.30. The summed E-state index contributed by atoms with van der Waals surface area (Å²) in [5.74, 6) is 0.669. The zero-order chi connectivity index (χ0) is 25.4. The molecule has 0 aliphatic rings. The Bertz CT molecular complexity index is 1560. The number of aromatic nitrogens is 6. The zero-order valence-corrected chi connectivity index (χ0v) is 19.9. The number of nitrogens with one attached hydrogen (secondary N) is 1. The standard InChI is InChI=1S/C23H18ClF2N7O3/c1-34-17-7-13(8-18(35-2)20(17)36-3)32-10-19(27-11-32)29-21-14-9-28-33(22(14)31-23(24)30-21)16-5-4-12(25)6-15(16)26/h4-11H,1-3H3,(H,29,30,31). The van der Waals surface area contributed by atoms with Gasteiger partial charge in [-0.25, -0.2) is 18.4 Å². The molecule has 5 aromatic rings. The second-order valence-corrected chi connectivity index (χ2v) is 7.74. The molecule has 0 saturated carbocycles. The van der Waals surface area contributed by atoms with Gasteiger partial charge in [-0.05, 0) is 23.7 Å². The Balaban J connectivity index is 1.51. The van der Waals surface area contributed by atoms with Gasteiger partial charge in [-0.2, -0.15) is 15.1 Å². The maximum absolute atomic E-state index is 14.4. The van der Waals surface area contributed by atoms with E-state index in [1.807, 2.05) is 0 Å². The van der Waals surface area contributed by atoms with Gasteiger partial charge in [0, 0.05) is 18.2 Å². The lowest BCUT2D eigenvalue weighted by molar-refractivity contribution is 0.324. The van der Waals surface area contributed by atoms with E-state index < -0.39 is 11.6 Å². The summed E-state index contributed by atoms with van der Waals surface area (Å²) in [4.78, 5) is 12.8. The normalized spacial score (nSPS) is 11.1. The highest BCUT2D eigenvalue weighted by atomic mass is 35.5. The van der Waals surface area contributed by atoms with E-state index in [-0.39, 0.29) is 16.6 Å². The third-order valence-corrected chi connectivity index (χ3v) is 5.48. The lowest BCUT2D eigenvalue weighted by Crippen LogP contribution is -2.03. The number of fused-ring (bicyclic) bond motifs is 1. The predicted octanol–water partition coefficient (Wildman–Crippen LogP) is 4.70. The summed E-state index contributed by atoms with van der Waals surface area (Å²) in [6.45, 7) is 0. The molecule has 0 spiro atoms. The summed E-state index contributed by atoms with van der Waals surface area (Å²) in [6, 6.07) is 6.70. The third-order valence-electron chi connectivity index (χ3n) is 5.32. The minimum atomic E-state index is -0.798. The van der Waals surface area contributed by atoms with E-state index in [2.05, 4.69) is 25.4 Å². The van der Waals surface area contributed by atoms with Crippen LogP contribution in [0.15, 0.2) is 49.1 Å². The Labute approximate surface area is 208 Å². The van der Waals surface area contributed by atoms with Crippen LogP contribution in [0.1, 0.15) is 0 Å². The molecule has 0 radical (unpaired) electrons. The lowest BCUT2D eigenvalue weighted by atomic mass is 10.2. The first-order valence-electron chi connectivity index (χ1n) is 10.4. The monoisotopic (exact) mass is 513 g/mol. The van der Waals surface area contributed by atoms with Crippen LogP contribution in [-0.4, -0.2) is 50.6 Å². The van der Waals surface area contributed by atoms with E-state index in [1.165, 1.54) is 38.3 Å². The van der Waals surface area contributed by atoms with Crippen molar-refractivity contribution in [2.24, 2.45) is 0 Å². The predicted molar refractivity (Wildman–Crippen MR) is 128 cm³/mol. The van der Waals surface area contributed by atoms with E-state index in [9.17, 15) is 8.78 Å². The van der Waals surface area contributed by atoms with Crippen molar-refractivity contribution in [3.63, 3.8) is 0 Å². The van der Waals surface area contributed by atoms with Crippen LogP contribution >= 0.6 is 11.6 Å². The minimum Gasteiger partial charge on any atom is -0.493 e. The molecule has 0 bridgehead atoms. The van der Waals surface area contributed by atoms with Crippen molar-refractivity contribution in [3.05, 3.63) is 66.0 Å². The largest absolute Gasteiger partial charge is 0.493 e. The van der Waals surface area contributed by atoms with E-state index in [0.29, 0.717) is 40.0 Å². The molecule has 184 valence electrons. The van der Waals surface area contributed by atoms with Crippen molar-refractivity contribution in [1.29, 1.82) is 0 Å². The quantitative estimate of drug-likeness (QED) is 0.312. The Morgan fingerprint density at radius 3 is 2.39 bits per heavy atom. The van der Waals surface area contributed by atoms with Crippen LogP contribution in [0, 0.1) is 11.6 Å². The molecule has 3 aromatic heterocycles. The number of anilines is 2. The van der Waals surface area contributed by atoms with Crippen LogP contribution in [0.2, 0.25) is 5.28 Å². The molecular formula is C23H18ClF2N7O3. The highest BCUT2D eigenvalue weighted by Crippen LogP contribution is 2.39. The number of rotatable bonds is 7. The summed E-state index contributed by atoms with van der Waals surface area (Å²) in [5, 5.41) is 7.63. The Morgan fingerprint density at radius 2 is 1.72 bits per heavy atom. The smallest absolute Gasteiger partial charge is 0.226 e. The molecule has 3 heterocycles. The molecule has 1 N–H and O–H groups in total. The van der Waals surface area contributed by atoms with Crippen LogP contribution in [0.4, 0.5) is 20.4 Å². The SMILES string of the molecule is COc1cc(-n2cnc(Nc3nc(Cl)nc4c3cnn4-c3ccc(F)cc3F)c2)cc(OC)c1OC. The molecule has 0 amide bonds. The van der Waals surface area contributed by atoms with E-state index in [1.54, 1.807) is 29.2 Å². The van der Waals surface area contributed by atoms with Gasteiger partial charge in [0.25, 0.3) is 0 Å². The summed E-state index contributed by atoms with van der Waals surface area (Å²) < 4.78 is 46.9. The molecule has 10 nitrogen and oxygen atoms in total. The minimum absolute atomic E-state index is 0.0128. The van der Waals surface area contributed by atoms with Crippen molar-refractivity contribution in [3.8, 4) is 28.6 Å². The second-order valence-electron chi connectivity index (χ2n) is 7.41. The van der Waals surface area contributed by atoms with Gasteiger partial charge >= 0.3 is 0 Å². The van der Waals surface area contributed by atoms with Crippen LogP contribution in [0.3, 0.4) is 0 Å². The number of ether oxygens (including phenoxy) is 3. The Kier molecular flexibility index (Phi) is 6.02. The molecule has 0 aliphatic heterocycles. The van der Waals surface area contributed by atoms with Crippen molar-refractivity contribution in [2.45, 2.75) is 0 Å². The summed E-state index contributed by atoms with van der Waals surface area (Å²) >= 11 is 6.15. The number of hydrogen-bond acceptors (Lipinski definition) is 8. The molecule has 0 unspecified atom stereocenters. The number of benzene rings is 2. The maximum Gasteiger partial charge on any atom is 0.226 e. The summed E-state index contributed by atoms with van der Waals surface area (Å²) in [6.07, 6.45) is 4.75. The van der Waals surface area contributed by atoms with Crippen molar-refractivity contribution in [2.75, 3.05) is 26.6 Å². The molecule has 5 rings (SSSR count). The van der Waals surface area contributed by atoms with E-state index >= 15 is 0 Å². The Morgan fingerprint density at radius 1 is 0.972 bits per heavy atom. The molecule has 0 aliphatic carbocycles. The maximum atomic E-state index is 14.4. The highest BCUT2D eigenvalue weighted by molar-refractivity contribution is 6.28. The lowest BCUT2D eigenvalue weighted by Gasteiger charge is -2.14. The average Bonchev–Trinajstić information content (AvgIpc) is 3.50. The van der Waals surface area contributed by atoms with Crippen molar-refractivity contribution >= 4 is 34.3 Å². The number of methoxy groups -OCH3 is 3. The van der Waals surface area contributed by atoms with Gasteiger partial charge in [0.15, 0.2) is 23.0 Å². The van der Waals surface area contributed by atoms with Gasteiger partial charge in [-0.15, -0.1) is 0 Å². The molecule has 36 heavy (non-hydrogen) atoms. The zero-order valence-electron chi connectivity index (χ0n) is 19.2. The van der Waals surface area contributed by atoms with E-state index in [4.69, 9.17) is 25.8 Å². The van der Waals surface area contributed by atoms with Gasteiger partial charge < -0.3 is 24.1 Å². The first kappa shape index (κ1) is 23.3. The molecule has 0 saturated heterocycles. The fourth-order valence-corrected chi connectivity index (χ4v) is 3.84. The van der Waals surface area contributed by atoms with Gasteiger partial charge in [-0.3, -0.25) is 0 Å². The number of hydrogen-bond donors (Lipinski definition) is 1. The third kappa shape index (κ3) is 4.11. The molecule has 0 fully saturated rings. The molecule has 2 aromatic carbocycles. The highest BCUT2D eigenvalue weighted by Gasteiger charge is 2.18. The molecule has 13 heteroatoms. The van der Waals surface area contributed by atoms with Crippen LogP contribution in [0.5, 0.6) is 17.2 Å². The van der Waals surface area contributed by atoms with E-state index in [0.717, 1.165) is 12.1 Å². The molecule has 0 atom stereocenters. The van der Waals surface area contributed by atoms with Crippen LogP contribution in [-0.2, 0) is 0 Å².